The molecule has 0 spiro atoms. The number of nitrogens with zero attached hydrogens (tertiary/aromatic N) is 2. The summed E-state index contributed by atoms with van der Waals surface area (Å²) < 4.78 is 10.6. The highest BCUT2D eigenvalue weighted by atomic mass is 16.3. The monoisotopic (exact) mass is 464 g/mol. The Morgan fingerprint density at radius 3 is 1.44 bits per heavy atom. The second-order valence-corrected chi connectivity index (χ2v) is 8.31. The summed E-state index contributed by atoms with van der Waals surface area (Å²) in [5, 5.41) is 3.57. The molecule has 1 aromatic carbocycles. The van der Waals surface area contributed by atoms with Crippen molar-refractivity contribution < 1.29 is 38.6 Å². The second kappa shape index (κ2) is 9.08. The van der Waals surface area contributed by atoms with Gasteiger partial charge >= 0.3 is 0 Å². The zero-order valence-electron chi connectivity index (χ0n) is 18.3. The van der Waals surface area contributed by atoms with Crippen LogP contribution >= 0.6 is 0 Å². The molecule has 2 saturated heterocycles. The Labute approximate surface area is 194 Å². The molecule has 2 atom stereocenters. The van der Waals surface area contributed by atoms with E-state index in [-0.39, 0.29) is 36.5 Å². The molecule has 0 aliphatic carbocycles. The van der Waals surface area contributed by atoms with Gasteiger partial charge in [-0.1, -0.05) is 0 Å². The molecule has 2 aliphatic heterocycles. The fourth-order valence-electron chi connectivity index (χ4n) is 4.35. The van der Waals surface area contributed by atoms with E-state index >= 15 is 0 Å². The number of quaternary nitrogens is 2. The highest BCUT2D eigenvalue weighted by Crippen LogP contribution is 2.27. The standard InChI is InChI=1S/C24H22N4O6/c29-21-11-19(25-13-17-3-1-9-33-17)23(31)27(21)15-5-7-16(8-6-15)28-22(30)12-20(24(28)32)26-14-18-4-2-10-34-18/h1-10,19-20,25-26H,11-14H2/p+2/t19-,20+. The van der Waals surface area contributed by atoms with Crippen LogP contribution in [0.3, 0.4) is 0 Å². The molecule has 34 heavy (non-hydrogen) atoms. The van der Waals surface area contributed by atoms with Gasteiger partial charge in [0.15, 0.2) is 23.6 Å². The second-order valence-electron chi connectivity index (χ2n) is 8.31. The van der Waals surface area contributed by atoms with Crippen LogP contribution < -0.4 is 20.4 Å². The van der Waals surface area contributed by atoms with Gasteiger partial charge < -0.3 is 19.5 Å². The number of hydrogen-bond donors (Lipinski definition) is 2. The Kier molecular flexibility index (Phi) is 5.83. The maximum Gasteiger partial charge on any atom is 0.292 e. The van der Waals surface area contributed by atoms with Gasteiger partial charge in [-0.25, -0.2) is 9.80 Å². The van der Waals surface area contributed by atoms with Crippen molar-refractivity contribution in [3.8, 4) is 0 Å². The van der Waals surface area contributed by atoms with E-state index in [2.05, 4.69) is 0 Å². The number of carbonyl (C=O) groups excluding carboxylic acids is 4. The number of benzene rings is 1. The third kappa shape index (κ3) is 4.16. The van der Waals surface area contributed by atoms with Crippen LogP contribution in [0.2, 0.25) is 0 Å². The molecule has 0 unspecified atom stereocenters. The van der Waals surface area contributed by atoms with Crippen LogP contribution in [-0.2, 0) is 32.3 Å². The van der Waals surface area contributed by atoms with Crippen LogP contribution in [0, 0.1) is 0 Å². The Balaban J connectivity index is 1.24. The SMILES string of the molecule is O=C1C[C@H]([NH2+]Cc2ccco2)C(=O)N1c1ccc(N2C(=O)C[C@@H]([NH2+]Cc3ccco3)C2=O)cc1. The highest BCUT2D eigenvalue weighted by molar-refractivity contribution is 6.23. The molecule has 2 fully saturated rings. The predicted molar refractivity (Wildman–Crippen MR) is 117 cm³/mol. The largest absolute Gasteiger partial charge is 0.463 e. The van der Waals surface area contributed by atoms with Crippen molar-refractivity contribution in [2.45, 2.75) is 38.0 Å². The molecule has 2 aliphatic rings. The zero-order valence-corrected chi connectivity index (χ0v) is 18.3. The predicted octanol–water partition coefficient (Wildman–Crippen LogP) is -0.336. The Bertz CT molecular complexity index is 1110. The molecule has 0 radical (unpaired) electrons. The summed E-state index contributed by atoms with van der Waals surface area (Å²) in [5.74, 6) is 0.264. The van der Waals surface area contributed by atoms with Gasteiger partial charge in [0.05, 0.1) is 36.7 Å². The van der Waals surface area contributed by atoms with Crippen molar-refractivity contribution in [2.75, 3.05) is 9.80 Å². The van der Waals surface area contributed by atoms with Crippen LogP contribution in [0.25, 0.3) is 0 Å². The lowest BCUT2D eigenvalue weighted by Gasteiger charge is -2.17. The van der Waals surface area contributed by atoms with Crippen LogP contribution in [0.1, 0.15) is 24.4 Å². The van der Waals surface area contributed by atoms with Gasteiger partial charge in [0.25, 0.3) is 11.8 Å². The molecule has 4 N–H and O–H groups in total. The normalized spacial score (nSPS) is 20.7. The summed E-state index contributed by atoms with van der Waals surface area (Å²) in [4.78, 5) is 53.1. The molecule has 4 amide bonds. The van der Waals surface area contributed by atoms with Gasteiger partial charge in [-0.3, -0.25) is 19.2 Å². The maximum atomic E-state index is 12.8. The molecule has 174 valence electrons. The number of hydrogen-bond acceptors (Lipinski definition) is 6. The molecular formula is C24H24N4O6+2. The number of nitrogens with two attached hydrogens (primary N) is 2. The fourth-order valence-corrected chi connectivity index (χ4v) is 4.35. The molecule has 0 saturated carbocycles. The first-order valence-corrected chi connectivity index (χ1v) is 11.1. The summed E-state index contributed by atoms with van der Waals surface area (Å²) in [7, 11) is 0. The van der Waals surface area contributed by atoms with Crippen molar-refractivity contribution in [3.05, 3.63) is 72.6 Å². The van der Waals surface area contributed by atoms with Crippen LogP contribution in [-0.4, -0.2) is 35.7 Å². The van der Waals surface area contributed by atoms with Gasteiger partial charge in [-0.2, -0.15) is 0 Å². The third-order valence-electron chi connectivity index (χ3n) is 6.10. The lowest BCUT2D eigenvalue weighted by atomic mass is 10.2. The van der Waals surface area contributed by atoms with Gasteiger partial charge in [-0.05, 0) is 48.5 Å². The minimum atomic E-state index is -0.524. The lowest BCUT2D eigenvalue weighted by Crippen LogP contribution is -2.90. The highest BCUT2D eigenvalue weighted by Gasteiger charge is 2.44. The van der Waals surface area contributed by atoms with Crippen LogP contribution in [0.15, 0.2) is 69.9 Å². The van der Waals surface area contributed by atoms with E-state index in [9.17, 15) is 19.2 Å². The first-order valence-electron chi connectivity index (χ1n) is 11.1. The minimum absolute atomic E-state index is 0.0948. The first kappa shape index (κ1) is 21.8. The lowest BCUT2D eigenvalue weighted by molar-refractivity contribution is -0.691. The van der Waals surface area contributed by atoms with Crippen molar-refractivity contribution >= 4 is 35.0 Å². The van der Waals surface area contributed by atoms with Crippen LogP contribution in [0.5, 0.6) is 0 Å². The molecule has 3 aromatic rings. The Hall–Kier alpha value is -4.02. The van der Waals surface area contributed by atoms with Crippen molar-refractivity contribution in [1.29, 1.82) is 0 Å². The number of anilines is 2. The summed E-state index contributed by atoms with van der Waals surface area (Å²) >= 11 is 0. The quantitative estimate of drug-likeness (QED) is 0.438. The van der Waals surface area contributed by atoms with Crippen LogP contribution in [0.4, 0.5) is 11.4 Å². The molecule has 0 bridgehead atoms. The van der Waals surface area contributed by atoms with Crippen molar-refractivity contribution in [2.24, 2.45) is 0 Å². The summed E-state index contributed by atoms with van der Waals surface area (Å²) in [5.41, 5.74) is 0.820. The Morgan fingerprint density at radius 2 is 1.09 bits per heavy atom. The van der Waals surface area contributed by atoms with E-state index in [0.717, 1.165) is 21.3 Å². The summed E-state index contributed by atoms with van der Waals surface area (Å²) in [6.45, 7) is 0.918. The zero-order chi connectivity index (χ0) is 23.7. The number of carbonyl (C=O) groups is 4. The topological polar surface area (TPSA) is 134 Å². The first-order chi connectivity index (χ1) is 16.5. The van der Waals surface area contributed by atoms with Gasteiger partial charge in [0.1, 0.15) is 13.1 Å². The van der Waals surface area contributed by atoms with Gasteiger partial charge in [0, 0.05) is 0 Å². The number of rotatable bonds is 8. The molecule has 4 heterocycles. The van der Waals surface area contributed by atoms with Gasteiger partial charge in [-0.15, -0.1) is 0 Å². The van der Waals surface area contributed by atoms with E-state index < -0.39 is 12.1 Å². The van der Waals surface area contributed by atoms with E-state index in [4.69, 9.17) is 8.83 Å². The molecule has 2 aromatic heterocycles. The van der Waals surface area contributed by atoms with E-state index in [0.29, 0.717) is 24.5 Å². The smallest absolute Gasteiger partial charge is 0.292 e. The average molecular weight is 464 g/mol. The van der Waals surface area contributed by atoms with E-state index in [1.54, 1.807) is 59.6 Å². The summed E-state index contributed by atoms with van der Waals surface area (Å²) in [6.07, 6.45) is 3.32. The number of furan rings is 2. The summed E-state index contributed by atoms with van der Waals surface area (Å²) in [6, 6.07) is 12.5. The molecule has 10 nitrogen and oxygen atoms in total. The molecule has 10 heteroatoms. The average Bonchev–Trinajstić information content (AvgIpc) is 3.61. The third-order valence-corrected chi connectivity index (χ3v) is 6.10. The van der Waals surface area contributed by atoms with E-state index in [1.165, 1.54) is 0 Å². The molecule has 5 rings (SSSR count). The number of amides is 4. The minimum Gasteiger partial charge on any atom is -0.463 e. The Morgan fingerprint density at radius 1 is 0.676 bits per heavy atom. The molecular weight excluding hydrogens is 440 g/mol. The fraction of sp³-hybridized carbons (Fsp3) is 0.250. The van der Waals surface area contributed by atoms with Crippen molar-refractivity contribution in [1.82, 2.24) is 0 Å². The van der Waals surface area contributed by atoms with Crippen molar-refractivity contribution in [3.63, 3.8) is 0 Å². The maximum absolute atomic E-state index is 12.8. The van der Waals surface area contributed by atoms with E-state index in [1.807, 2.05) is 12.1 Å². The van der Waals surface area contributed by atoms with Gasteiger partial charge in [0.2, 0.25) is 11.8 Å². The number of imide groups is 2.